The highest BCUT2D eigenvalue weighted by Crippen LogP contribution is 2.33. The minimum absolute atomic E-state index is 0.214. The molecule has 8 heteroatoms. The quantitative estimate of drug-likeness (QED) is 0.373. The fourth-order valence-electron chi connectivity index (χ4n) is 3.89. The van der Waals surface area contributed by atoms with Gasteiger partial charge in [-0.05, 0) is 36.4 Å². The molecule has 8 nitrogen and oxygen atoms in total. The molecule has 2 aliphatic heterocycles. The number of carbonyl (C=O) groups excluding carboxylic acids is 3. The minimum Gasteiger partial charge on any atom is -0.365 e. The van der Waals surface area contributed by atoms with Crippen molar-refractivity contribution in [3.63, 3.8) is 0 Å². The summed E-state index contributed by atoms with van der Waals surface area (Å²) in [7, 11) is 0. The Morgan fingerprint density at radius 3 is 1.94 bits per heavy atom. The number of nitriles is 1. The summed E-state index contributed by atoms with van der Waals surface area (Å²) < 4.78 is 0. The van der Waals surface area contributed by atoms with Gasteiger partial charge in [-0.1, -0.05) is 36.4 Å². The van der Waals surface area contributed by atoms with E-state index in [2.05, 4.69) is 10.3 Å². The number of rotatable bonds is 3. The molecule has 3 N–H and O–H groups in total. The molecule has 2 aliphatic rings. The zero-order valence-electron chi connectivity index (χ0n) is 17.1. The fourth-order valence-corrected chi connectivity index (χ4v) is 3.89. The number of hydrogen-bond acceptors (Lipinski definition) is 6. The second kappa shape index (κ2) is 7.59. The SMILES string of the molecule is N#CC(C(N)=O)=C1N=C(Nc2ccc(N3C(=O)c4ccccc4C3=O)cc2)c2ccccc21. The zero-order valence-corrected chi connectivity index (χ0v) is 17.1. The highest BCUT2D eigenvalue weighted by atomic mass is 16.2. The maximum atomic E-state index is 12.7. The van der Waals surface area contributed by atoms with E-state index in [0.29, 0.717) is 39.5 Å². The Balaban J connectivity index is 1.45. The minimum atomic E-state index is -0.849. The van der Waals surface area contributed by atoms with Gasteiger partial charge in [-0.2, -0.15) is 5.26 Å². The van der Waals surface area contributed by atoms with Crippen LogP contribution in [0.3, 0.4) is 0 Å². The lowest BCUT2D eigenvalue weighted by Gasteiger charge is -2.15. The van der Waals surface area contributed by atoms with Crippen LogP contribution in [0.5, 0.6) is 0 Å². The van der Waals surface area contributed by atoms with E-state index < -0.39 is 5.91 Å². The lowest BCUT2D eigenvalue weighted by molar-refractivity contribution is -0.114. The van der Waals surface area contributed by atoms with Gasteiger partial charge in [0.05, 0.1) is 22.5 Å². The molecule has 0 saturated heterocycles. The number of anilines is 2. The molecule has 158 valence electrons. The van der Waals surface area contributed by atoms with Crippen molar-refractivity contribution in [2.24, 2.45) is 10.7 Å². The van der Waals surface area contributed by atoms with E-state index in [-0.39, 0.29) is 23.1 Å². The van der Waals surface area contributed by atoms with Crippen LogP contribution in [0, 0.1) is 11.3 Å². The van der Waals surface area contributed by atoms with E-state index in [1.807, 2.05) is 18.2 Å². The molecule has 0 aliphatic carbocycles. The van der Waals surface area contributed by atoms with E-state index in [0.717, 1.165) is 4.90 Å². The van der Waals surface area contributed by atoms with E-state index in [4.69, 9.17) is 5.73 Å². The van der Waals surface area contributed by atoms with E-state index in [1.54, 1.807) is 60.7 Å². The number of carbonyl (C=O) groups is 3. The first-order valence-electron chi connectivity index (χ1n) is 9.97. The van der Waals surface area contributed by atoms with Gasteiger partial charge in [-0.25, -0.2) is 9.89 Å². The predicted molar refractivity (Wildman–Crippen MR) is 122 cm³/mol. The average molecular weight is 433 g/mol. The topological polar surface area (TPSA) is 129 Å². The third-order valence-electron chi connectivity index (χ3n) is 5.44. The van der Waals surface area contributed by atoms with Crippen molar-refractivity contribution in [1.82, 2.24) is 0 Å². The van der Waals surface area contributed by atoms with E-state index in [1.165, 1.54) is 0 Å². The molecule has 5 rings (SSSR count). The molecule has 33 heavy (non-hydrogen) atoms. The number of amidine groups is 1. The van der Waals surface area contributed by atoms with Gasteiger partial charge in [0.2, 0.25) is 0 Å². The van der Waals surface area contributed by atoms with Gasteiger partial charge in [0.1, 0.15) is 17.5 Å². The van der Waals surface area contributed by atoms with Crippen LogP contribution in [-0.4, -0.2) is 23.6 Å². The van der Waals surface area contributed by atoms with Crippen LogP contribution in [0.1, 0.15) is 31.8 Å². The summed E-state index contributed by atoms with van der Waals surface area (Å²) in [6, 6.07) is 22.5. The number of imide groups is 1. The number of aliphatic imine (C=N–C) groups is 1. The number of nitrogens with zero attached hydrogens (tertiary/aromatic N) is 3. The van der Waals surface area contributed by atoms with Crippen LogP contribution < -0.4 is 16.0 Å². The Bertz CT molecular complexity index is 1430. The molecule has 2 heterocycles. The molecule has 0 radical (unpaired) electrons. The average Bonchev–Trinajstić information content (AvgIpc) is 3.30. The number of nitrogens with one attached hydrogen (secondary N) is 1. The zero-order chi connectivity index (χ0) is 23.1. The maximum Gasteiger partial charge on any atom is 0.266 e. The lowest BCUT2D eigenvalue weighted by Crippen LogP contribution is -2.29. The number of amides is 3. The van der Waals surface area contributed by atoms with Gasteiger partial charge in [-0.15, -0.1) is 0 Å². The summed E-state index contributed by atoms with van der Waals surface area (Å²) >= 11 is 0. The number of hydrogen-bond donors (Lipinski definition) is 2. The van der Waals surface area contributed by atoms with Gasteiger partial charge < -0.3 is 11.1 Å². The first-order valence-corrected chi connectivity index (χ1v) is 9.97. The van der Waals surface area contributed by atoms with E-state index in [9.17, 15) is 19.6 Å². The Morgan fingerprint density at radius 2 is 1.39 bits per heavy atom. The highest BCUT2D eigenvalue weighted by Gasteiger charge is 2.36. The van der Waals surface area contributed by atoms with Gasteiger partial charge in [0.15, 0.2) is 0 Å². The van der Waals surface area contributed by atoms with Crippen molar-refractivity contribution in [2.75, 3.05) is 10.2 Å². The van der Waals surface area contributed by atoms with Gasteiger partial charge >= 0.3 is 0 Å². The van der Waals surface area contributed by atoms with Crippen LogP contribution in [0.4, 0.5) is 11.4 Å². The number of benzene rings is 3. The second-order valence-electron chi connectivity index (χ2n) is 7.37. The maximum absolute atomic E-state index is 12.7. The molecule has 0 atom stereocenters. The van der Waals surface area contributed by atoms with Crippen molar-refractivity contribution >= 4 is 40.6 Å². The van der Waals surface area contributed by atoms with Gasteiger partial charge in [-0.3, -0.25) is 14.4 Å². The molecular formula is C25H15N5O3. The monoisotopic (exact) mass is 433 g/mol. The van der Waals surface area contributed by atoms with Crippen molar-refractivity contribution in [3.05, 3.63) is 101 Å². The number of primary amides is 1. The molecular weight excluding hydrogens is 418 g/mol. The molecule has 3 aromatic rings. The standard InChI is InChI=1S/C25H15N5O3/c26-13-20(22(27)31)21-16-5-1-2-6-17(16)23(29-21)28-14-9-11-15(12-10-14)30-24(32)18-7-3-4-8-19(18)25(30)33/h1-12H,(H2,27,31)(H,28,29). The molecule has 0 spiro atoms. The lowest BCUT2D eigenvalue weighted by atomic mass is 10.0. The summed E-state index contributed by atoms with van der Waals surface area (Å²) in [6.45, 7) is 0. The molecule has 0 aromatic heterocycles. The van der Waals surface area contributed by atoms with Crippen molar-refractivity contribution in [3.8, 4) is 6.07 Å². The van der Waals surface area contributed by atoms with Gasteiger partial charge in [0.25, 0.3) is 17.7 Å². The summed E-state index contributed by atoms with van der Waals surface area (Å²) in [4.78, 5) is 42.6. The van der Waals surface area contributed by atoms with Crippen molar-refractivity contribution in [2.45, 2.75) is 0 Å². The van der Waals surface area contributed by atoms with Crippen molar-refractivity contribution in [1.29, 1.82) is 5.26 Å². The third kappa shape index (κ3) is 3.16. The Hall–Kier alpha value is -5.03. The Morgan fingerprint density at radius 1 is 0.848 bits per heavy atom. The largest absolute Gasteiger partial charge is 0.365 e. The van der Waals surface area contributed by atoms with Crippen LogP contribution in [0.2, 0.25) is 0 Å². The van der Waals surface area contributed by atoms with E-state index >= 15 is 0 Å². The molecule has 0 saturated carbocycles. The van der Waals surface area contributed by atoms with Gasteiger partial charge in [0, 0.05) is 16.8 Å². The van der Waals surface area contributed by atoms with Crippen molar-refractivity contribution < 1.29 is 14.4 Å². The van der Waals surface area contributed by atoms with Crippen LogP contribution in [0.15, 0.2) is 83.4 Å². The predicted octanol–water partition coefficient (Wildman–Crippen LogP) is 3.08. The molecule has 0 bridgehead atoms. The fraction of sp³-hybridized carbons (Fsp3) is 0. The summed E-state index contributed by atoms with van der Waals surface area (Å²) in [5.74, 6) is -1.13. The normalized spacial score (nSPS) is 15.5. The first kappa shape index (κ1) is 19.9. The summed E-state index contributed by atoms with van der Waals surface area (Å²) in [5, 5.41) is 12.5. The highest BCUT2D eigenvalue weighted by molar-refractivity contribution is 6.34. The third-order valence-corrected chi connectivity index (χ3v) is 5.44. The van der Waals surface area contributed by atoms with Crippen LogP contribution in [0.25, 0.3) is 5.70 Å². The smallest absolute Gasteiger partial charge is 0.266 e. The molecule has 3 amide bonds. The molecule has 0 unspecified atom stereocenters. The van der Waals surface area contributed by atoms with Crippen LogP contribution in [-0.2, 0) is 4.79 Å². The summed E-state index contributed by atoms with van der Waals surface area (Å²) in [5.41, 5.74) is 8.52. The number of nitrogens with two attached hydrogens (primary N) is 1. The van der Waals surface area contributed by atoms with Crippen LogP contribution >= 0.6 is 0 Å². The number of fused-ring (bicyclic) bond motifs is 2. The molecule has 3 aromatic carbocycles. The summed E-state index contributed by atoms with van der Waals surface area (Å²) in [6.07, 6.45) is 0. The molecule has 0 fully saturated rings. The Kier molecular flexibility index (Phi) is 4.58. The first-order chi connectivity index (χ1) is 16.0. The Labute approximate surface area is 188 Å². The second-order valence-corrected chi connectivity index (χ2v) is 7.37.